The van der Waals surface area contributed by atoms with Gasteiger partial charge in [0.2, 0.25) is 0 Å². The second-order valence-electron chi connectivity index (χ2n) is 5.39. The maximum Gasteiger partial charge on any atom is 0.270 e. The van der Waals surface area contributed by atoms with Gasteiger partial charge in [-0.2, -0.15) is 14.6 Å². The standard InChI is InChI=1S/C15H13N7O3/c16-12-4-10(21-15-18-7-19-22(12)15)14(24)17-5-8-1-2-11-9(3-8)20-13(23)6-25-11/h1-4,7H,5-6,16H2,(H,17,24)(H,20,23). The predicted molar refractivity (Wildman–Crippen MR) is 86.9 cm³/mol. The molecule has 0 unspecified atom stereocenters. The Morgan fingerprint density at radius 3 is 3.16 bits per heavy atom. The third-order valence-corrected chi connectivity index (χ3v) is 3.64. The number of carbonyl (C=O) groups excluding carboxylic acids is 2. The van der Waals surface area contributed by atoms with Crippen LogP contribution in [0.2, 0.25) is 0 Å². The Morgan fingerprint density at radius 1 is 1.40 bits per heavy atom. The van der Waals surface area contributed by atoms with Crippen molar-refractivity contribution in [2.45, 2.75) is 6.54 Å². The van der Waals surface area contributed by atoms with E-state index in [0.29, 0.717) is 11.4 Å². The van der Waals surface area contributed by atoms with Crippen LogP contribution in [0.25, 0.3) is 5.78 Å². The SMILES string of the molecule is Nc1cc(C(=O)NCc2ccc3c(c2)NC(=O)CO3)nc2ncnn12. The van der Waals surface area contributed by atoms with E-state index in [4.69, 9.17) is 10.5 Å². The Morgan fingerprint density at radius 2 is 2.28 bits per heavy atom. The van der Waals surface area contributed by atoms with E-state index >= 15 is 0 Å². The van der Waals surface area contributed by atoms with Crippen LogP contribution >= 0.6 is 0 Å². The lowest BCUT2D eigenvalue weighted by Crippen LogP contribution is -2.26. The third kappa shape index (κ3) is 2.80. The molecule has 0 fully saturated rings. The molecule has 0 saturated carbocycles. The van der Waals surface area contributed by atoms with Gasteiger partial charge < -0.3 is 21.1 Å². The van der Waals surface area contributed by atoms with Crippen molar-refractivity contribution in [1.29, 1.82) is 0 Å². The van der Waals surface area contributed by atoms with Crippen LogP contribution in [-0.4, -0.2) is 38.0 Å². The van der Waals surface area contributed by atoms with E-state index in [2.05, 4.69) is 25.7 Å². The second-order valence-corrected chi connectivity index (χ2v) is 5.39. The largest absolute Gasteiger partial charge is 0.482 e. The lowest BCUT2D eigenvalue weighted by Gasteiger charge is -2.18. The summed E-state index contributed by atoms with van der Waals surface area (Å²) in [7, 11) is 0. The van der Waals surface area contributed by atoms with E-state index < -0.39 is 5.91 Å². The van der Waals surface area contributed by atoms with Crippen molar-refractivity contribution in [2.24, 2.45) is 0 Å². The van der Waals surface area contributed by atoms with Crippen molar-refractivity contribution < 1.29 is 14.3 Å². The summed E-state index contributed by atoms with van der Waals surface area (Å²) in [6.45, 7) is 0.253. The second kappa shape index (κ2) is 5.74. The first kappa shape index (κ1) is 14.9. The van der Waals surface area contributed by atoms with Gasteiger partial charge in [-0.25, -0.2) is 4.98 Å². The van der Waals surface area contributed by atoms with Crippen LogP contribution < -0.4 is 21.1 Å². The predicted octanol–water partition coefficient (Wildman–Crippen LogP) is -0.0326. The van der Waals surface area contributed by atoms with Gasteiger partial charge in [0.1, 0.15) is 23.6 Å². The van der Waals surface area contributed by atoms with Gasteiger partial charge in [0.25, 0.3) is 17.6 Å². The molecule has 4 rings (SSSR count). The molecule has 3 aromatic rings. The van der Waals surface area contributed by atoms with Crippen molar-refractivity contribution in [2.75, 3.05) is 17.7 Å². The molecule has 126 valence electrons. The van der Waals surface area contributed by atoms with Crippen LogP contribution in [0.4, 0.5) is 11.5 Å². The maximum absolute atomic E-state index is 12.3. The summed E-state index contributed by atoms with van der Waals surface area (Å²) < 4.78 is 6.63. The van der Waals surface area contributed by atoms with Gasteiger partial charge in [-0.15, -0.1) is 0 Å². The highest BCUT2D eigenvalue weighted by molar-refractivity contribution is 5.95. The summed E-state index contributed by atoms with van der Waals surface area (Å²) in [4.78, 5) is 31.7. The molecule has 2 aromatic heterocycles. The molecular formula is C15H13N7O3. The molecule has 0 radical (unpaired) electrons. The normalized spacial score (nSPS) is 13.0. The fourth-order valence-electron chi connectivity index (χ4n) is 2.46. The molecule has 4 N–H and O–H groups in total. The van der Waals surface area contributed by atoms with Gasteiger partial charge in [0.15, 0.2) is 6.61 Å². The van der Waals surface area contributed by atoms with Crippen molar-refractivity contribution in [3.05, 3.63) is 41.9 Å². The third-order valence-electron chi connectivity index (χ3n) is 3.64. The molecule has 1 aliphatic rings. The molecule has 0 spiro atoms. The lowest BCUT2D eigenvalue weighted by atomic mass is 10.1. The number of aromatic nitrogens is 4. The summed E-state index contributed by atoms with van der Waals surface area (Å²) in [5, 5.41) is 9.37. The highest BCUT2D eigenvalue weighted by atomic mass is 16.5. The van der Waals surface area contributed by atoms with Crippen molar-refractivity contribution in [3.8, 4) is 5.75 Å². The summed E-state index contributed by atoms with van der Waals surface area (Å²) in [5.74, 6) is 0.506. The van der Waals surface area contributed by atoms with Gasteiger partial charge in [-0.1, -0.05) is 6.07 Å². The first-order chi connectivity index (χ1) is 12.1. The minimum atomic E-state index is -0.393. The minimum Gasteiger partial charge on any atom is -0.482 e. The molecule has 1 aliphatic heterocycles. The van der Waals surface area contributed by atoms with Gasteiger partial charge in [0, 0.05) is 12.6 Å². The van der Waals surface area contributed by atoms with Crippen LogP contribution in [0.3, 0.4) is 0 Å². The molecule has 0 aliphatic carbocycles. The van der Waals surface area contributed by atoms with E-state index in [1.54, 1.807) is 18.2 Å². The number of rotatable bonds is 3. The number of hydrogen-bond donors (Lipinski definition) is 3. The van der Waals surface area contributed by atoms with E-state index in [1.807, 2.05) is 0 Å². The number of carbonyl (C=O) groups is 2. The van der Waals surface area contributed by atoms with Crippen molar-refractivity contribution >= 4 is 29.1 Å². The summed E-state index contributed by atoms with van der Waals surface area (Å²) in [5.41, 5.74) is 7.35. The number of ether oxygens (including phenoxy) is 1. The zero-order chi connectivity index (χ0) is 17.4. The first-order valence-electron chi connectivity index (χ1n) is 7.40. The Hall–Kier alpha value is -3.69. The zero-order valence-electron chi connectivity index (χ0n) is 12.9. The molecule has 1 aromatic carbocycles. The number of anilines is 2. The van der Waals surface area contributed by atoms with Crippen molar-refractivity contribution in [1.82, 2.24) is 24.9 Å². The average molecular weight is 339 g/mol. The summed E-state index contributed by atoms with van der Waals surface area (Å²) >= 11 is 0. The van der Waals surface area contributed by atoms with E-state index in [-0.39, 0.29) is 36.3 Å². The van der Waals surface area contributed by atoms with E-state index in [0.717, 1.165) is 5.56 Å². The highest BCUT2D eigenvalue weighted by Crippen LogP contribution is 2.28. The molecule has 0 bridgehead atoms. The number of nitrogen functional groups attached to an aromatic ring is 1. The minimum absolute atomic E-state index is 0.00127. The number of hydrogen-bond acceptors (Lipinski definition) is 7. The molecule has 0 atom stereocenters. The molecule has 10 heteroatoms. The maximum atomic E-state index is 12.3. The molecule has 25 heavy (non-hydrogen) atoms. The quantitative estimate of drug-likeness (QED) is 0.609. The molecular weight excluding hydrogens is 326 g/mol. The Labute approximate surface area is 141 Å². The Bertz CT molecular complexity index is 998. The number of fused-ring (bicyclic) bond motifs is 2. The number of amides is 2. The van der Waals surface area contributed by atoms with Crippen LogP contribution in [0.1, 0.15) is 16.1 Å². The number of benzene rings is 1. The molecule has 3 heterocycles. The fraction of sp³-hybridized carbons (Fsp3) is 0.133. The Kier molecular flexibility index (Phi) is 3.42. The van der Waals surface area contributed by atoms with Crippen LogP contribution in [0.15, 0.2) is 30.6 Å². The molecule has 10 nitrogen and oxygen atoms in total. The molecule has 0 saturated heterocycles. The highest BCUT2D eigenvalue weighted by Gasteiger charge is 2.16. The zero-order valence-corrected chi connectivity index (χ0v) is 12.9. The number of nitrogens with zero attached hydrogens (tertiary/aromatic N) is 4. The van der Waals surface area contributed by atoms with Gasteiger partial charge in [-0.05, 0) is 17.7 Å². The van der Waals surface area contributed by atoms with Crippen LogP contribution in [0, 0.1) is 0 Å². The van der Waals surface area contributed by atoms with Gasteiger partial charge >= 0.3 is 0 Å². The summed E-state index contributed by atoms with van der Waals surface area (Å²) in [6, 6.07) is 6.73. The molecule has 2 amide bonds. The van der Waals surface area contributed by atoms with Crippen LogP contribution in [0.5, 0.6) is 5.75 Å². The Balaban J connectivity index is 1.49. The smallest absolute Gasteiger partial charge is 0.270 e. The fourth-order valence-corrected chi connectivity index (χ4v) is 2.46. The number of nitrogens with one attached hydrogen (secondary N) is 2. The lowest BCUT2D eigenvalue weighted by molar-refractivity contribution is -0.118. The first-order valence-corrected chi connectivity index (χ1v) is 7.40. The van der Waals surface area contributed by atoms with Gasteiger partial charge in [0.05, 0.1) is 5.69 Å². The van der Waals surface area contributed by atoms with Crippen LogP contribution in [-0.2, 0) is 11.3 Å². The monoisotopic (exact) mass is 339 g/mol. The van der Waals surface area contributed by atoms with Crippen molar-refractivity contribution in [3.63, 3.8) is 0 Å². The van der Waals surface area contributed by atoms with E-state index in [1.165, 1.54) is 16.9 Å². The topological polar surface area (TPSA) is 137 Å². The number of nitrogens with two attached hydrogens (primary N) is 1. The average Bonchev–Trinajstić information content (AvgIpc) is 3.08. The van der Waals surface area contributed by atoms with E-state index in [9.17, 15) is 9.59 Å². The van der Waals surface area contributed by atoms with Gasteiger partial charge in [-0.3, -0.25) is 9.59 Å². The summed E-state index contributed by atoms with van der Waals surface area (Å²) in [6.07, 6.45) is 1.31.